The molecule has 0 unspecified atom stereocenters. The highest BCUT2D eigenvalue weighted by Gasteiger charge is 2.38. The summed E-state index contributed by atoms with van der Waals surface area (Å²) in [4.78, 5) is 22.3. The van der Waals surface area contributed by atoms with Crippen molar-refractivity contribution in [3.05, 3.63) is 71.8 Å². The van der Waals surface area contributed by atoms with Gasteiger partial charge in [-0.3, -0.25) is 9.59 Å². The van der Waals surface area contributed by atoms with Crippen molar-refractivity contribution in [2.24, 2.45) is 0 Å². The normalized spacial score (nSPS) is 15.9. The van der Waals surface area contributed by atoms with Crippen LogP contribution in [-0.4, -0.2) is 11.9 Å². The van der Waals surface area contributed by atoms with Crippen LogP contribution in [0.1, 0.15) is 50.7 Å². The highest BCUT2D eigenvalue weighted by atomic mass is 16.5. The summed E-state index contributed by atoms with van der Waals surface area (Å²) in [6, 6.07) is 15.3. The van der Waals surface area contributed by atoms with E-state index in [1.165, 1.54) is 19.4 Å². The van der Waals surface area contributed by atoms with E-state index in [0.29, 0.717) is 11.5 Å². The van der Waals surface area contributed by atoms with Gasteiger partial charge in [-0.15, -0.1) is 0 Å². The first-order chi connectivity index (χ1) is 12.9. The molecule has 0 amide bonds. The summed E-state index contributed by atoms with van der Waals surface area (Å²) in [5.41, 5.74) is 3.14. The molecule has 1 saturated carbocycles. The Kier molecular flexibility index (Phi) is 5.45. The summed E-state index contributed by atoms with van der Waals surface area (Å²) in [5.74, 6) is 0.405. The standard InChI is InChI=1S/C23H24O4/c1-16-6-4-5-15-23(16,19-7-11-21(12-8-19)26-17(2)24)20-9-13-22(14-10-20)27-18(3)25/h7-14H,1,4-6,15H2,2-3H3. The van der Waals surface area contributed by atoms with E-state index in [2.05, 4.69) is 6.58 Å². The Hall–Kier alpha value is -2.88. The van der Waals surface area contributed by atoms with E-state index in [1.807, 2.05) is 48.5 Å². The number of hydrogen-bond donors (Lipinski definition) is 0. The van der Waals surface area contributed by atoms with Crippen molar-refractivity contribution in [3.63, 3.8) is 0 Å². The number of carbonyl (C=O) groups is 2. The van der Waals surface area contributed by atoms with Crippen LogP contribution in [-0.2, 0) is 15.0 Å². The summed E-state index contributed by atoms with van der Waals surface area (Å²) in [6.45, 7) is 7.18. The first-order valence-corrected chi connectivity index (χ1v) is 9.18. The minimum absolute atomic E-state index is 0.290. The molecule has 2 aromatic rings. The number of allylic oxidation sites excluding steroid dienone is 1. The van der Waals surface area contributed by atoms with Gasteiger partial charge < -0.3 is 9.47 Å². The molecule has 2 aromatic carbocycles. The predicted octanol–water partition coefficient (Wildman–Crippen LogP) is 4.95. The maximum Gasteiger partial charge on any atom is 0.308 e. The number of hydrogen-bond acceptors (Lipinski definition) is 4. The van der Waals surface area contributed by atoms with Gasteiger partial charge in [-0.25, -0.2) is 0 Å². The van der Waals surface area contributed by atoms with E-state index < -0.39 is 0 Å². The van der Waals surface area contributed by atoms with Gasteiger partial charge in [0.25, 0.3) is 0 Å². The van der Waals surface area contributed by atoms with Crippen molar-refractivity contribution in [2.75, 3.05) is 0 Å². The van der Waals surface area contributed by atoms with E-state index in [-0.39, 0.29) is 17.4 Å². The van der Waals surface area contributed by atoms with Crippen LogP contribution < -0.4 is 9.47 Å². The van der Waals surface area contributed by atoms with Crippen molar-refractivity contribution < 1.29 is 19.1 Å². The summed E-state index contributed by atoms with van der Waals surface area (Å²) < 4.78 is 10.3. The fourth-order valence-electron chi connectivity index (χ4n) is 3.93. The Labute approximate surface area is 159 Å². The highest BCUT2D eigenvalue weighted by Crippen LogP contribution is 2.48. The highest BCUT2D eigenvalue weighted by molar-refractivity contribution is 5.70. The second-order valence-electron chi connectivity index (χ2n) is 6.95. The van der Waals surface area contributed by atoms with E-state index in [9.17, 15) is 9.59 Å². The van der Waals surface area contributed by atoms with Crippen molar-refractivity contribution in [2.45, 2.75) is 44.9 Å². The molecule has 0 aliphatic heterocycles. The minimum atomic E-state index is -0.333. The monoisotopic (exact) mass is 364 g/mol. The van der Waals surface area contributed by atoms with Gasteiger partial charge in [0.2, 0.25) is 0 Å². The summed E-state index contributed by atoms with van der Waals surface area (Å²) in [5, 5.41) is 0. The molecule has 0 bridgehead atoms. The number of ether oxygens (including phenoxy) is 2. The van der Waals surface area contributed by atoms with Crippen LogP contribution >= 0.6 is 0 Å². The molecule has 4 nitrogen and oxygen atoms in total. The number of carbonyl (C=O) groups excluding carboxylic acids is 2. The Bertz CT molecular complexity index is 787. The largest absolute Gasteiger partial charge is 0.427 e. The lowest BCUT2D eigenvalue weighted by atomic mass is 9.63. The molecule has 140 valence electrons. The molecule has 0 spiro atoms. The average Bonchev–Trinajstić information content (AvgIpc) is 2.63. The fraction of sp³-hybridized carbons (Fsp3) is 0.304. The maximum atomic E-state index is 11.2. The van der Waals surface area contributed by atoms with Gasteiger partial charge in [-0.1, -0.05) is 42.8 Å². The Balaban J connectivity index is 2.01. The minimum Gasteiger partial charge on any atom is -0.427 e. The molecule has 0 heterocycles. The van der Waals surface area contributed by atoms with Gasteiger partial charge in [-0.05, 0) is 54.7 Å². The Morgan fingerprint density at radius 2 is 1.26 bits per heavy atom. The van der Waals surface area contributed by atoms with Gasteiger partial charge >= 0.3 is 11.9 Å². The third-order valence-corrected chi connectivity index (χ3v) is 5.10. The molecule has 1 aliphatic carbocycles. The van der Waals surface area contributed by atoms with Crippen LogP contribution in [0.4, 0.5) is 0 Å². The van der Waals surface area contributed by atoms with Crippen molar-refractivity contribution in [3.8, 4) is 11.5 Å². The summed E-state index contributed by atoms with van der Waals surface area (Å²) in [6.07, 6.45) is 4.18. The molecule has 4 heteroatoms. The van der Waals surface area contributed by atoms with Crippen LogP contribution in [0.5, 0.6) is 11.5 Å². The molecule has 3 rings (SSSR count). The van der Waals surface area contributed by atoms with Gasteiger partial charge in [0, 0.05) is 19.3 Å². The molecule has 0 atom stereocenters. The fourth-order valence-corrected chi connectivity index (χ4v) is 3.93. The number of esters is 2. The predicted molar refractivity (Wildman–Crippen MR) is 104 cm³/mol. The molecule has 0 N–H and O–H groups in total. The van der Waals surface area contributed by atoms with Crippen LogP contribution in [0.2, 0.25) is 0 Å². The zero-order chi connectivity index (χ0) is 19.4. The topological polar surface area (TPSA) is 52.6 Å². The van der Waals surface area contributed by atoms with Gasteiger partial charge in [0.15, 0.2) is 0 Å². The van der Waals surface area contributed by atoms with Gasteiger partial charge in [0.05, 0.1) is 0 Å². The summed E-state index contributed by atoms with van der Waals surface area (Å²) >= 11 is 0. The molecular weight excluding hydrogens is 340 g/mol. The number of benzene rings is 2. The van der Waals surface area contributed by atoms with Crippen molar-refractivity contribution in [1.29, 1.82) is 0 Å². The molecule has 0 aromatic heterocycles. The first kappa shape index (κ1) is 18.9. The van der Waals surface area contributed by atoms with E-state index in [1.54, 1.807) is 0 Å². The van der Waals surface area contributed by atoms with Gasteiger partial charge in [0.1, 0.15) is 11.5 Å². The lowest BCUT2D eigenvalue weighted by Gasteiger charge is -2.40. The zero-order valence-corrected chi connectivity index (χ0v) is 15.8. The van der Waals surface area contributed by atoms with Crippen LogP contribution in [0.15, 0.2) is 60.7 Å². The SMILES string of the molecule is C=C1CCCCC1(c1ccc(OC(C)=O)cc1)c1ccc(OC(C)=O)cc1. The van der Waals surface area contributed by atoms with Crippen LogP contribution in [0, 0.1) is 0 Å². The Morgan fingerprint density at radius 3 is 1.63 bits per heavy atom. The molecule has 27 heavy (non-hydrogen) atoms. The third kappa shape index (κ3) is 3.95. The lowest BCUT2D eigenvalue weighted by molar-refractivity contribution is -0.132. The molecule has 1 aliphatic rings. The smallest absolute Gasteiger partial charge is 0.308 e. The summed E-state index contributed by atoms with van der Waals surface area (Å²) in [7, 11) is 0. The quantitative estimate of drug-likeness (QED) is 0.437. The molecule has 0 radical (unpaired) electrons. The second kappa shape index (κ2) is 7.78. The maximum absolute atomic E-state index is 11.2. The van der Waals surface area contributed by atoms with E-state index in [4.69, 9.17) is 9.47 Å². The van der Waals surface area contributed by atoms with Crippen LogP contribution in [0.3, 0.4) is 0 Å². The number of rotatable bonds is 4. The first-order valence-electron chi connectivity index (χ1n) is 9.18. The van der Waals surface area contributed by atoms with E-state index >= 15 is 0 Å². The van der Waals surface area contributed by atoms with E-state index in [0.717, 1.165) is 36.8 Å². The molecule has 0 saturated heterocycles. The molecule has 1 fully saturated rings. The third-order valence-electron chi connectivity index (χ3n) is 5.10. The molecular formula is C23H24O4. The zero-order valence-electron chi connectivity index (χ0n) is 15.8. The van der Waals surface area contributed by atoms with Crippen molar-refractivity contribution in [1.82, 2.24) is 0 Å². The Morgan fingerprint density at radius 1 is 0.815 bits per heavy atom. The second-order valence-corrected chi connectivity index (χ2v) is 6.95. The van der Waals surface area contributed by atoms with Gasteiger partial charge in [-0.2, -0.15) is 0 Å². The lowest BCUT2D eigenvalue weighted by Crippen LogP contribution is -2.32. The average molecular weight is 364 g/mol. The van der Waals surface area contributed by atoms with Crippen molar-refractivity contribution >= 4 is 11.9 Å². The van der Waals surface area contributed by atoms with Crippen LogP contribution in [0.25, 0.3) is 0 Å².